The Hall–Kier alpha value is -2.41. The number of anilines is 1. The van der Waals surface area contributed by atoms with Crippen molar-refractivity contribution in [1.29, 1.82) is 0 Å². The number of carbonyl (C=O) groups is 2. The second-order valence-corrected chi connectivity index (χ2v) is 4.86. The van der Waals surface area contributed by atoms with E-state index in [1.165, 1.54) is 42.7 Å². The maximum atomic E-state index is 12.7. The third-order valence-corrected chi connectivity index (χ3v) is 3.34. The number of hydrogen-bond acceptors (Lipinski definition) is 5. The van der Waals surface area contributed by atoms with Gasteiger partial charge in [-0.2, -0.15) is 0 Å². The first-order valence-electron chi connectivity index (χ1n) is 5.94. The molecule has 0 aliphatic heterocycles. The summed E-state index contributed by atoms with van der Waals surface area (Å²) in [6, 6.07) is 6.89. The number of carbonyl (C=O) groups excluding carboxylic acids is 2. The summed E-state index contributed by atoms with van der Waals surface area (Å²) >= 11 is 1.21. The number of halogens is 1. The van der Waals surface area contributed by atoms with Gasteiger partial charge >= 0.3 is 5.97 Å². The van der Waals surface area contributed by atoms with Crippen LogP contribution in [0.3, 0.4) is 0 Å². The molecule has 0 aliphatic carbocycles. The van der Waals surface area contributed by atoms with Crippen LogP contribution in [0.5, 0.6) is 5.75 Å². The van der Waals surface area contributed by atoms with Crippen LogP contribution in [0.2, 0.25) is 0 Å². The normalized spacial score (nSPS) is 10.0. The lowest BCUT2D eigenvalue weighted by atomic mass is 10.3. The number of esters is 1. The summed E-state index contributed by atoms with van der Waals surface area (Å²) in [6.07, 6.45) is 0. The molecule has 5 nitrogen and oxygen atoms in total. The zero-order valence-corrected chi connectivity index (χ0v) is 11.9. The molecular weight excluding hydrogens is 297 g/mol. The summed E-state index contributed by atoms with van der Waals surface area (Å²) in [7, 11) is 1.27. The van der Waals surface area contributed by atoms with E-state index in [4.69, 9.17) is 4.74 Å². The molecule has 0 fully saturated rings. The largest absolute Gasteiger partial charge is 0.484 e. The number of rotatable bonds is 5. The number of amides is 1. The van der Waals surface area contributed by atoms with Gasteiger partial charge in [0, 0.05) is 0 Å². The number of nitrogens with one attached hydrogen (secondary N) is 1. The first-order chi connectivity index (χ1) is 10.1. The molecule has 2 aromatic rings. The minimum Gasteiger partial charge on any atom is -0.484 e. The third kappa shape index (κ3) is 4.03. The summed E-state index contributed by atoms with van der Waals surface area (Å²) in [5, 5.41) is 4.63. The molecule has 0 bridgehead atoms. The average molecular weight is 309 g/mol. The predicted octanol–water partition coefficient (Wildman–Crippen LogP) is 2.69. The molecule has 0 saturated heterocycles. The van der Waals surface area contributed by atoms with Crippen LogP contribution in [0.1, 0.15) is 10.4 Å². The fourth-order valence-electron chi connectivity index (χ4n) is 1.52. The van der Waals surface area contributed by atoms with Crippen LogP contribution in [-0.4, -0.2) is 25.6 Å². The molecule has 1 N–H and O–H groups in total. The topological polar surface area (TPSA) is 64.6 Å². The van der Waals surface area contributed by atoms with Gasteiger partial charge in [0.1, 0.15) is 16.6 Å². The molecule has 0 radical (unpaired) electrons. The van der Waals surface area contributed by atoms with Crippen molar-refractivity contribution in [3.8, 4) is 5.75 Å². The molecule has 2 rings (SSSR count). The van der Waals surface area contributed by atoms with Crippen molar-refractivity contribution in [2.75, 3.05) is 19.0 Å². The minimum absolute atomic E-state index is 0.246. The van der Waals surface area contributed by atoms with E-state index in [-0.39, 0.29) is 18.0 Å². The van der Waals surface area contributed by atoms with E-state index in [1.54, 1.807) is 11.4 Å². The van der Waals surface area contributed by atoms with Crippen molar-refractivity contribution in [3.05, 3.63) is 47.1 Å². The first-order valence-corrected chi connectivity index (χ1v) is 6.82. The maximum Gasteiger partial charge on any atom is 0.340 e. The highest BCUT2D eigenvalue weighted by Gasteiger charge is 2.15. The molecule has 0 unspecified atom stereocenters. The van der Waals surface area contributed by atoms with Crippen molar-refractivity contribution in [2.24, 2.45) is 0 Å². The van der Waals surface area contributed by atoms with Crippen molar-refractivity contribution >= 4 is 28.2 Å². The van der Waals surface area contributed by atoms with Crippen molar-refractivity contribution < 1.29 is 23.5 Å². The fraction of sp³-hybridized carbons (Fsp3) is 0.143. The summed E-state index contributed by atoms with van der Waals surface area (Å²) in [6.45, 7) is -0.246. The molecule has 1 heterocycles. The van der Waals surface area contributed by atoms with Crippen molar-refractivity contribution in [3.63, 3.8) is 0 Å². The third-order valence-electron chi connectivity index (χ3n) is 2.51. The summed E-state index contributed by atoms with van der Waals surface area (Å²) in [5.41, 5.74) is 0.289. The second kappa shape index (κ2) is 6.85. The van der Waals surface area contributed by atoms with E-state index in [9.17, 15) is 14.0 Å². The van der Waals surface area contributed by atoms with Gasteiger partial charge in [0.15, 0.2) is 6.61 Å². The standard InChI is InChI=1S/C14H12FNO4S/c1-19-14(18)11-6-7-21-13(11)16-12(17)8-20-10-4-2-9(15)3-5-10/h2-7H,8H2,1H3,(H,16,17). The molecule has 21 heavy (non-hydrogen) atoms. The van der Waals surface area contributed by atoms with E-state index in [2.05, 4.69) is 10.1 Å². The van der Waals surface area contributed by atoms with Gasteiger partial charge in [0.25, 0.3) is 5.91 Å². The zero-order chi connectivity index (χ0) is 15.2. The van der Waals surface area contributed by atoms with Crippen LogP contribution in [0, 0.1) is 5.82 Å². The highest BCUT2D eigenvalue weighted by molar-refractivity contribution is 7.14. The quantitative estimate of drug-likeness (QED) is 0.863. The lowest BCUT2D eigenvalue weighted by Gasteiger charge is -2.07. The van der Waals surface area contributed by atoms with Gasteiger partial charge in [-0.25, -0.2) is 9.18 Å². The van der Waals surface area contributed by atoms with E-state index in [0.717, 1.165) is 0 Å². The molecule has 110 valence electrons. The molecule has 0 aliphatic rings. The SMILES string of the molecule is COC(=O)c1ccsc1NC(=O)COc1ccc(F)cc1. The van der Waals surface area contributed by atoms with Crippen LogP contribution >= 0.6 is 11.3 Å². The predicted molar refractivity (Wildman–Crippen MR) is 76.2 cm³/mol. The van der Waals surface area contributed by atoms with Gasteiger partial charge < -0.3 is 14.8 Å². The number of hydrogen-bond donors (Lipinski definition) is 1. The van der Waals surface area contributed by atoms with Crippen LogP contribution in [0.4, 0.5) is 9.39 Å². The Labute approximate surface area is 124 Å². The van der Waals surface area contributed by atoms with E-state index in [1.807, 2.05) is 0 Å². The highest BCUT2D eigenvalue weighted by Crippen LogP contribution is 2.23. The Morgan fingerprint density at radius 3 is 2.62 bits per heavy atom. The number of ether oxygens (including phenoxy) is 2. The Bertz CT molecular complexity index is 639. The summed E-state index contributed by atoms with van der Waals surface area (Å²) in [5.74, 6) is -0.947. The fourth-order valence-corrected chi connectivity index (χ4v) is 2.31. The average Bonchev–Trinajstić information content (AvgIpc) is 2.94. The van der Waals surface area contributed by atoms with Crippen LogP contribution < -0.4 is 10.1 Å². The molecule has 0 atom stereocenters. The van der Waals surface area contributed by atoms with Gasteiger partial charge in [-0.3, -0.25) is 4.79 Å². The van der Waals surface area contributed by atoms with Gasteiger partial charge in [-0.1, -0.05) is 0 Å². The first kappa shape index (κ1) is 15.0. The van der Waals surface area contributed by atoms with Crippen LogP contribution in [0.15, 0.2) is 35.7 Å². The van der Waals surface area contributed by atoms with Gasteiger partial charge in [-0.05, 0) is 35.7 Å². The summed E-state index contributed by atoms with van der Waals surface area (Å²) in [4.78, 5) is 23.2. The molecule has 7 heteroatoms. The minimum atomic E-state index is -0.522. The lowest BCUT2D eigenvalue weighted by Crippen LogP contribution is -2.20. The Morgan fingerprint density at radius 1 is 1.24 bits per heavy atom. The monoisotopic (exact) mass is 309 g/mol. The smallest absolute Gasteiger partial charge is 0.340 e. The lowest BCUT2D eigenvalue weighted by molar-refractivity contribution is -0.118. The number of methoxy groups -OCH3 is 1. The van der Waals surface area contributed by atoms with Crippen molar-refractivity contribution in [1.82, 2.24) is 0 Å². The van der Waals surface area contributed by atoms with Gasteiger partial charge in [-0.15, -0.1) is 11.3 Å². The molecule has 0 saturated carbocycles. The van der Waals surface area contributed by atoms with E-state index in [0.29, 0.717) is 10.8 Å². The Kier molecular flexibility index (Phi) is 4.89. The Morgan fingerprint density at radius 2 is 1.95 bits per heavy atom. The zero-order valence-electron chi connectivity index (χ0n) is 11.1. The maximum absolute atomic E-state index is 12.7. The van der Waals surface area contributed by atoms with Crippen molar-refractivity contribution in [2.45, 2.75) is 0 Å². The van der Waals surface area contributed by atoms with Crippen LogP contribution in [0.25, 0.3) is 0 Å². The molecule has 1 aromatic heterocycles. The molecule has 0 spiro atoms. The van der Waals surface area contributed by atoms with Gasteiger partial charge in [0.2, 0.25) is 0 Å². The van der Waals surface area contributed by atoms with Gasteiger partial charge in [0.05, 0.1) is 12.7 Å². The number of benzene rings is 1. The number of thiophene rings is 1. The summed E-state index contributed by atoms with van der Waals surface area (Å²) < 4.78 is 22.5. The molecule has 1 amide bonds. The molecular formula is C14H12FNO4S. The van der Waals surface area contributed by atoms with E-state index >= 15 is 0 Å². The highest BCUT2D eigenvalue weighted by atomic mass is 32.1. The second-order valence-electron chi connectivity index (χ2n) is 3.95. The van der Waals surface area contributed by atoms with E-state index < -0.39 is 11.9 Å². The van der Waals surface area contributed by atoms with Crippen LogP contribution in [-0.2, 0) is 9.53 Å². The Balaban J connectivity index is 1.92. The molecule has 1 aromatic carbocycles.